The highest BCUT2D eigenvalue weighted by Crippen LogP contribution is 2.26. The molecule has 1 aromatic heterocycles. The largest absolute Gasteiger partial charge is 0.459 e. The van der Waals surface area contributed by atoms with Gasteiger partial charge in [0, 0.05) is 11.1 Å². The van der Waals surface area contributed by atoms with Gasteiger partial charge in [0.25, 0.3) is 0 Å². The molecule has 116 valence electrons. The van der Waals surface area contributed by atoms with Gasteiger partial charge >= 0.3 is 5.97 Å². The summed E-state index contributed by atoms with van der Waals surface area (Å²) < 4.78 is 5.37. The Morgan fingerprint density at radius 1 is 1.32 bits per heavy atom. The quantitative estimate of drug-likeness (QED) is 0.829. The lowest BCUT2D eigenvalue weighted by molar-refractivity contribution is -0.149. The van der Waals surface area contributed by atoms with Crippen molar-refractivity contribution < 1.29 is 9.53 Å². The molecule has 0 bridgehead atoms. The van der Waals surface area contributed by atoms with Crippen LogP contribution in [0.4, 0.5) is 10.8 Å². The lowest BCUT2D eigenvalue weighted by atomic mass is 10.1. The molecule has 0 spiro atoms. The highest BCUT2D eigenvalue weighted by molar-refractivity contribution is 7.13. The van der Waals surface area contributed by atoms with E-state index < -0.39 is 0 Å². The number of nitrogens with zero attached hydrogens (tertiary/aromatic N) is 1. The van der Waals surface area contributed by atoms with Crippen molar-refractivity contribution in [2.75, 3.05) is 5.32 Å². The number of benzene rings is 1. The van der Waals surface area contributed by atoms with Crippen LogP contribution in [-0.2, 0) is 16.1 Å². The zero-order chi connectivity index (χ0) is 15.4. The van der Waals surface area contributed by atoms with Crippen molar-refractivity contribution in [3.05, 3.63) is 40.9 Å². The molecule has 0 radical (unpaired) electrons. The van der Waals surface area contributed by atoms with E-state index in [1.54, 1.807) is 0 Å². The smallest absolute Gasteiger partial charge is 0.309 e. The first-order valence-electron chi connectivity index (χ1n) is 7.65. The molecule has 0 atom stereocenters. The Balaban J connectivity index is 1.52. The van der Waals surface area contributed by atoms with Crippen molar-refractivity contribution in [1.82, 2.24) is 4.98 Å². The van der Waals surface area contributed by atoms with E-state index in [1.807, 2.05) is 17.5 Å². The molecular weight excluding hydrogens is 296 g/mol. The molecule has 1 heterocycles. The number of hydrogen-bond donors (Lipinski definition) is 1. The summed E-state index contributed by atoms with van der Waals surface area (Å²) in [7, 11) is 0. The van der Waals surface area contributed by atoms with Gasteiger partial charge in [-0.25, -0.2) is 4.98 Å². The number of aryl methyl sites for hydroxylation is 1. The van der Waals surface area contributed by atoms with Gasteiger partial charge in [-0.1, -0.05) is 30.5 Å². The van der Waals surface area contributed by atoms with E-state index in [2.05, 4.69) is 29.4 Å². The average molecular weight is 316 g/mol. The molecule has 1 aromatic carbocycles. The van der Waals surface area contributed by atoms with Gasteiger partial charge in [-0.2, -0.15) is 0 Å². The fraction of sp³-hybridized carbons (Fsp3) is 0.412. The second-order valence-electron chi connectivity index (χ2n) is 5.72. The molecule has 0 amide bonds. The second-order valence-corrected chi connectivity index (χ2v) is 6.58. The van der Waals surface area contributed by atoms with Crippen molar-refractivity contribution in [2.45, 2.75) is 39.2 Å². The lowest BCUT2D eigenvalue weighted by Gasteiger charge is -2.08. The van der Waals surface area contributed by atoms with E-state index in [4.69, 9.17) is 4.74 Å². The number of ether oxygens (including phenoxy) is 1. The molecule has 1 N–H and O–H groups in total. The van der Waals surface area contributed by atoms with E-state index in [-0.39, 0.29) is 18.5 Å². The highest BCUT2D eigenvalue weighted by atomic mass is 32.1. The summed E-state index contributed by atoms with van der Waals surface area (Å²) in [5, 5.41) is 6.01. The number of aromatic nitrogens is 1. The van der Waals surface area contributed by atoms with Gasteiger partial charge in [-0.15, -0.1) is 11.3 Å². The lowest BCUT2D eigenvalue weighted by Crippen LogP contribution is -2.14. The molecule has 5 heteroatoms. The average Bonchev–Trinajstić information content (AvgIpc) is 3.19. The summed E-state index contributed by atoms with van der Waals surface area (Å²) >= 11 is 1.52. The van der Waals surface area contributed by atoms with Crippen molar-refractivity contribution in [3.63, 3.8) is 0 Å². The number of carbonyl (C=O) groups excluding carboxylic acids is 1. The summed E-state index contributed by atoms with van der Waals surface area (Å²) in [5.74, 6) is 0.0299. The van der Waals surface area contributed by atoms with Gasteiger partial charge < -0.3 is 10.1 Å². The van der Waals surface area contributed by atoms with Crippen LogP contribution >= 0.6 is 11.3 Å². The van der Waals surface area contributed by atoms with Crippen LogP contribution in [0.2, 0.25) is 0 Å². The number of hydrogen-bond acceptors (Lipinski definition) is 5. The number of thiazole rings is 1. The standard InChI is InChI=1S/C17H20N2O2S/c1-12-6-8-14(9-7-12)18-17-19-15(11-22-17)10-21-16(20)13-4-2-3-5-13/h6-9,11,13H,2-5,10H2,1H3,(H,18,19). The summed E-state index contributed by atoms with van der Waals surface area (Å²) in [6, 6.07) is 8.16. The summed E-state index contributed by atoms with van der Waals surface area (Å²) in [4.78, 5) is 16.3. The minimum absolute atomic E-state index is 0.0708. The zero-order valence-corrected chi connectivity index (χ0v) is 13.5. The number of carbonyl (C=O) groups is 1. The molecule has 0 unspecified atom stereocenters. The van der Waals surface area contributed by atoms with Gasteiger partial charge in [0.05, 0.1) is 11.6 Å². The van der Waals surface area contributed by atoms with Crippen LogP contribution < -0.4 is 5.32 Å². The van der Waals surface area contributed by atoms with Crippen LogP contribution in [0.15, 0.2) is 29.6 Å². The summed E-state index contributed by atoms with van der Waals surface area (Å²) in [6.07, 6.45) is 4.22. The Labute approximate surface area is 134 Å². The van der Waals surface area contributed by atoms with Gasteiger partial charge in [-0.05, 0) is 31.9 Å². The maximum absolute atomic E-state index is 11.9. The molecule has 22 heavy (non-hydrogen) atoms. The van der Waals surface area contributed by atoms with E-state index in [9.17, 15) is 4.79 Å². The Bertz CT molecular complexity index is 630. The van der Waals surface area contributed by atoms with Crippen LogP contribution in [0.1, 0.15) is 36.9 Å². The molecule has 0 saturated heterocycles. The molecule has 3 rings (SSSR count). The highest BCUT2D eigenvalue weighted by Gasteiger charge is 2.24. The fourth-order valence-corrected chi connectivity index (χ4v) is 3.33. The van der Waals surface area contributed by atoms with Gasteiger partial charge in [0.15, 0.2) is 5.13 Å². The van der Waals surface area contributed by atoms with Crippen molar-refractivity contribution in [3.8, 4) is 0 Å². The Morgan fingerprint density at radius 2 is 2.05 bits per heavy atom. The molecule has 4 nitrogen and oxygen atoms in total. The molecule has 1 fully saturated rings. The van der Waals surface area contributed by atoms with Crippen LogP contribution in [0.25, 0.3) is 0 Å². The normalized spacial score (nSPS) is 15.0. The number of esters is 1. The van der Waals surface area contributed by atoms with Crippen molar-refractivity contribution >= 4 is 28.1 Å². The van der Waals surface area contributed by atoms with Gasteiger partial charge in [0.1, 0.15) is 6.61 Å². The summed E-state index contributed by atoms with van der Waals surface area (Å²) in [6.45, 7) is 2.32. The third-order valence-electron chi connectivity index (χ3n) is 3.91. The zero-order valence-electron chi connectivity index (χ0n) is 12.7. The number of rotatable bonds is 5. The maximum Gasteiger partial charge on any atom is 0.309 e. The maximum atomic E-state index is 11.9. The van der Waals surface area contributed by atoms with E-state index in [0.29, 0.717) is 0 Å². The summed E-state index contributed by atoms with van der Waals surface area (Å²) in [5.41, 5.74) is 3.03. The van der Waals surface area contributed by atoms with Gasteiger partial charge in [0.2, 0.25) is 0 Å². The van der Waals surface area contributed by atoms with Crippen LogP contribution in [0, 0.1) is 12.8 Å². The second kappa shape index (κ2) is 6.92. The molecule has 2 aromatic rings. The Hall–Kier alpha value is -1.88. The third kappa shape index (κ3) is 3.85. The van der Waals surface area contributed by atoms with Crippen LogP contribution in [0.3, 0.4) is 0 Å². The van der Waals surface area contributed by atoms with Gasteiger partial charge in [-0.3, -0.25) is 4.79 Å². The fourth-order valence-electron chi connectivity index (χ4n) is 2.62. The van der Waals surface area contributed by atoms with E-state index in [0.717, 1.165) is 42.2 Å². The molecule has 1 saturated carbocycles. The topological polar surface area (TPSA) is 51.2 Å². The minimum atomic E-state index is -0.0708. The predicted octanol–water partition coefficient (Wildman–Crippen LogP) is 4.43. The number of nitrogens with one attached hydrogen (secondary N) is 1. The first-order chi connectivity index (χ1) is 10.7. The number of anilines is 2. The first-order valence-corrected chi connectivity index (χ1v) is 8.53. The minimum Gasteiger partial charge on any atom is -0.459 e. The van der Waals surface area contributed by atoms with Crippen LogP contribution in [0.5, 0.6) is 0 Å². The molecule has 1 aliphatic carbocycles. The van der Waals surface area contributed by atoms with Crippen molar-refractivity contribution in [1.29, 1.82) is 0 Å². The van der Waals surface area contributed by atoms with E-state index in [1.165, 1.54) is 16.9 Å². The predicted molar refractivity (Wildman–Crippen MR) is 88.3 cm³/mol. The molecule has 0 aliphatic heterocycles. The molecule has 1 aliphatic rings. The monoisotopic (exact) mass is 316 g/mol. The van der Waals surface area contributed by atoms with E-state index >= 15 is 0 Å². The Morgan fingerprint density at radius 3 is 2.77 bits per heavy atom. The molecular formula is C17H20N2O2S. The third-order valence-corrected chi connectivity index (χ3v) is 4.71. The first kappa shape index (κ1) is 15.0. The SMILES string of the molecule is Cc1ccc(Nc2nc(COC(=O)C3CCCC3)cs2)cc1. The van der Waals surface area contributed by atoms with Crippen molar-refractivity contribution in [2.24, 2.45) is 5.92 Å². The van der Waals surface area contributed by atoms with Crippen LogP contribution in [-0.4, -0.2) is 11.0 Å². The Kier molecular flexibility index (Phi) is 4.73.